The summed E-state index contributed by atoms with van der Waals surface area (Å²) in [5.41, 5.74) is 0.648. The molecule has 9 heteroatoms. The third-order valence-electron chi connectivity index (χ3n) is 4.51. The Hall–Kier alpha value is -2.71. The van der Waals surface area contributed by atoms with Crippen LogP contribution in [-0.2, 0) is 9.53 Å². The highest BCUT2D eigenvalue weighted by Crippen LogP contribution is 2.34. The summed E-state index contributed by atoms with van der Waals surface area (Å²) in [7, 11) is 0. The molecule has 0 aliphatic rings. The minimum atomic E-state index is -0.633. The van der Waals surface area contributed by atoms with E-state index in [1.165, 1.54) is 24.3 Å². The van der Waals surface area contributed by atoms with Crippen molar-refractivity contribution in [1.82, 2.24) is 4.90 Å². The van der Waals surface area contributed by atoms with Crippen molar-refractivity contribution in [3.05, 3.63) is 56.7 Å². The van der Waals surface area contributed by atoms with Crippen LogP contribution in [0, 0.1) is 12.7 Å². The predicted molar refractivity (Wildman–Crippen MR) is 121 cm³/mol. The van der Waals surface area contributed by atoms with E-state index < -0.39 is 17.7 Å². The highest BCUT2D eigenvalue weighted by atomic mass is 35.5. The van der Waals surface area contributed by atoms with Crippen LogP contribution in [0.2, 0.25) is 5.02 Å². The number of amides is 2. The Morgan fingerprint density at radius 2 is 1.90 bits per heavy atom. The van der Waals surface area contributed by atoms with Gasteiger partial charge in [0.15, 0.2) is 0 Å². The average molecular weight is 467 g/mol. The SMILES string of the molecule is CCOC(=O)c1c(NC(=O)C=Cc2c(F)cccc2Cl)sc(C(=O)N(CC)CC)c1C. The van der Waals surface area contributed by atoms with Crippen LogP contribution < -0.4 is 5.32 Å². The number of hydrogen-bond donors (Lipinski definition) is 1. The summed E-state index contributed by atoms with van der Waals surface area (Å²) in [5.74, 6) is -2.03. The fraction of sp³-hybridized carbons (Fsp3) is 0.318. The molecule has 0 atom stereocenters. The lowest BCUT2D eigenvalue weighted by Gasteiger charge is -2.18. The highest BCUT2D eigenvalue weighted by molar-refractivity contribution is 7.18. The number of anilines is 1. The van der Waals surface area contributed by atoms with E-state index in [-0.39, 0.29) is 33.7 Å². The molecule has 0 spiro atoms. The maximum absolute atomic E-state index is 13.9. The van der Waals surface area contributed by atoms with Crippen molar-refractivity contribution in [1.29, 1.82) is 0 Å². The maximum atomic E-state index is 13.9. The first-order chi connectivity index (χ1) is 14.7. The summed E-state index contributed by atoms with van der Waals surface area (Å²) in [6, 6.07) is 4.20. The van der Waals surface area contributed by atoms with Crippen molar-refractivity contribution in [2.45, 2.75) is 27.7 Å². The summed E-state index contributed by atoms with van der Waals surface area (Å²) < 4.78 is 19.0. The van der Waals surface area contributed by atoms with Crippen LogP contribution in [0.1, 0.15) is 51.9 Å². The Kier molecular flexibility index (Phi) is 8.76. The summed E-state index contributed by atoms with van der Waals surface area (Å²) in [6.45, 7) is 8.19. The van der Waals surface area contributed by atoms with Crippen LogP contribution in [0.15, 0.2) is 24.3 Å². The smallest absolute Gasteiger partial charge is 0.341 e. The number of rotatable bonds is 8. The van der Waals surface area contributed by atoms with E-state index in [2.05, 4.69) is 5.32 Å². The summed E-state index contributed by atoms with van der Waals surface area (Å²) >= 11 is 6.97. The first-order valence-electron chi connectivity index (χ1n) is 9.77. The molecule has 0 radical (unpaired) electrons. The fourth-order valence-corrected chi connectivity index (χ4v) is 4.28. The monoisotopic (exact) mass is 466 g/mol. The standard InChI is InChI=1S/C22H24ClFN2O4S/c1-5-26(6-2)21(28)19-13(4)18(22(29)30-7-3)20(31-19)25-17(27)12-11-14-15(23)9-8-10-16(14)24/h8-12H,5-7H2,1-4H3,(H,25,27). The lowest BCUT2D eigenvalue weighted by Crippen LogP contribution is -2.30. The van der Waals surface area contributed by atoms with Gasteiger partial charge in [-0.05, 0) is 51.5 Å². The van der Waals surface area contributed by atoms with E-state index in [4.69, 9.17) is 16.3 Å². The predicted octanol–water partition coefficient (Wildman–Crippen LogP) is 5.16. The molecule has 0 aliphatic carbocycles. The molecule has 0 saturated heterocycles. The van der Waals surface area contributed by atoms with Crippen LogP contribution >= 0.6 is 22.9 Å². The van der Waals surface area contributed by atoms with Gasteiger partial charge in [-0.1, -0.05) is 17.7 Å². The number of carbonyl (C=O) groups is 3. The Labute approximate surface area is 189 Å². The first kappa shape index (κ1) is 24.6. The number of carbonyl (C=O) groups excluding carboxylic acids is 3. The topological polar surface area (TPSA) is 75.7 Å². The molecule has 6 nitrogen and oxygen atoms in total. The maximum Gasteiger partial charge on any atom is 0.341 e. The molecule has 0 aliphatic heterocycles. The molecule has 166 valence electrons. The minimum Gasteiger partial charge on any atom is -0.462 e. The van der Waals surface area contributed by atoms with Gasteiger partial charge in [0.1, 0.15) is 10.8 Å². The van der Waals surface area contributed by atoms with Crippen molar-refractivity contribution in [2.24, 2.45) is 0 Å². The number of esters is 1. The van der Waals surface area contributed by atoms with Gasteiger partial charge in [0.25, 0.3) is 5.91 Å². The third-order valence-corrected chi connectivity index (χ3v) is 6.03. The number of halogens is 2. The molecular formula is C22H24ClFN2O4S. The van der Waals surface area contributed by atoms with Crippen molar-refractivity contribution in [3.63, 3.8) is 0 Å². The van der Waals surface area contributed by atoms with Crippen molar-refractivity contribution in [3.8, 4) is 0 Å². The van der Waals surface area contributed by atoms with Gasteiger partial charge in [0.2, 0.25) is 5.91 Å². The van der Waals surface area contributed by atoms with Gasteiger partial charge in [-0.3, -0.25) is 9.59 Å². The summed E-state index contributed by atoms with van der Waals surface area (Å²) in [6.07, 6.45) is 2.36. The van der Waals surface area contributed by atoms with Crippen LogP contribution in [-0.4, -0.2) is 42.4 Å². The van der Waals surface area contributed by atoms with Gasteiger partial charge in [0.05, 0.1) is 22.1 Å². The molecule has 1 aromatic carbocycles. The summed E-state index contributed by atoms with van der Waals surface area (Å²) in [4.78, 5) is 39.8. The Morgan fingerprint density at radius 1 is 1.23 bits per heavy atom. The number of nitrogens with one attached hydrogen (secondary N) is 1. The molecule has 0 saturated carbocycles. The second kappa shape index (κ2) is 11.1. The lowest BCUT2D eigenvalue weighted by atomic mass is 10.1. The molecule has 2 rings (SSSR count). The number of nitrogens with zero attached hydrogens (tertiary/aromatic N) is 1. The lowest BCUT2D eigenvalue weighted by molar-refractivity contribution is -0.111. The number of hydrogen-bond acceptors (Lipinski definition) is 5. The number of thiophene rings is 1. The average Bonchev–Trinajstić information content (AvgIpc) is 3.04. The second-order valence-corrected chi connectivity index (χ2v) is 7.84. The van der Waals surface area contributed by atoms with E-state index in [9.17, 15) is 18.8 Å². The van der Waals surface area contributed by atoms with E-state index in [0.717, 1.165) is 17.4 Å². The minimum absolute atomic E-state index is 0.0738. The fourth-order valence-electron chi connectivity index (χ4n) is 2.89. The molecule has 2 amide bonds. The highest BCUT2D eigenvalue weighted by Gasteiger charge is 2.28. The zero-order valence-corrected chi connectivity index (χ0v) is 19.3. The molecule has 0 bridgehead atoms. The Morgan fingerprint density at radius 3 is 2.48 bits per heavy atom. The van der Waals surface area contributed by atoms with Gasteiger partial charge in [-0.2, -0.15) is 0 Å². The number of benzene rings is 1. The van der Waals surface area contributed by atoms with Crippen LogP contribution in [0.5, 0.6) is 0 Å². The quantitative estimate of drug-likeness (QED) is 0.430. The molecule has 2 aromatic rings. The van der Waals surface area contributed by atoms with E-state index in [0.29, 0.717) is 23.5 Å². The van der Waals surface area contributed by atoms with E-state index in [1.807, 2.05) is 13.8 Å². The van der Waals surface area contributed by atoms with Gasteiger partial charge >= 0.3 is 5.97 Å². The zero-order chi connectivity index (χ0) is 23.1. The van der Waals surface area contributed by atoms with Gasteiger partial charge in [-0.15, -0.1) is 11.3 Å². The molecular weight excluding hydrogens is 443 g/mol. The first-order valence-corrected chi connectivity index (χ1v) is 11.0. The largest absolute Gasteiger partial charge is 0.462 e. The molecule has 1 heterocycles. The zero-order valence-electron chi connectivity index (χ0n) is 17.8. The van der Waals surface area contributed by atoms with Gasteiger partial charge in [-0.25, -0.2) is 9.18 Å². The summed E-state index contributed by atoms with van der Waals surface area (Å²) in [5, 5.41) is 2.96. The molecule has 31 heavy (non-hydrogen) atoms. The van der Waals surface area contributed by atoms with Crippen LogP contribution in [0.4, 0.5) is 9.39 Å². The van der Waals surface area contributed by atoms with E-state index >= 15 is 0 Å². The normalized spacial score (nSPS) is 10.9. The van der Waals surface area contributed by atoms with Crippen LogP contribution in [0.3, 0.4) is 0 Å². The number of ether oxygens (including phenoxy) is 1. The van der Waals surface area contributed by atoms with Gasteiger partial charge < -0.3 is 15.0 Å². The Balaban J connectivity index is 2.38. The molecule has 1 N–H and O–H groups in total. The second-order valence-electron chi connectivity index (χ2n) is 6.42. The third kappa shape index (κ3) is 5.71. The molecule has 0 fully saturated rings. The van der Waals surface area contributed by atoms with Crippen molar-refractivity contribution in [2.75, 3.05) is 25.0 Å². The van der Waals surface area contributed by atoms with Crippen LogP contribution in [0.25, 0.3) is 6.08 Å². The molecule has 1 aromatic heterocycles. The van der Waals surface area contributed by atoms with Gasteiger partial charge in [0, 0.05) is 24.7 Å². The van der Waals surface area contributed by atoms with Crippen molar-refractivity contribution < 1.29 is 23.5 Å². The molecule has 0 unspecified atom stereocenters. The van der Waals surface area contributed by atoms with E-state index in [1.54, 1.807) is 18.7 Å². The van der Waals surface area contributed by atoms with Crippen molar-refractivity contribution >= 4 is 51.8 Å². The Bertz CT molecular complexity index is 995.